The minimum absolute atomic E-state index is 0.0272. The molecule has 3 N–H and O–H groups in total. The maximum Gasteiger partial charge on any atom is 0.390 e. The van der Waals surface area contributed by atoms with Crippen LogP contribution in [-0.4, -0.2) is 61.1 Å². The Morgan fingerprint density at radius 2 is 1.20 bits per heavy atom. The van der Waals surface area contributed by atoms with Crippen LogP contribution in [0.15, 0.2) is 73.3 Å². The van der Waals surface area contributed by atoms with Crippen LogP contribution in [0.25, 0.3) is 33.8 Å². The molecule has 1 fully saturated rings. The Kier molecular flexibility index (Phi) is 12.8. The van der Waals surface area contributed by atoms with Crippen LogP contribution in [0.3, 0.4) is 0 Å². The molecule has 1 saturated carbocycles. The molecule has 10 nitrogen and oxygen atoms in total. The summed E-state index contributed by atoms with van der Waals surface area (Å²) < 4.78 is 78.9. The van der Waals surface area contributed by atoms with Crippen molar-refractivity contribution in [2.24, 2.45) is 5.41 Å². The quantitative estimate of drug-likeness (QED) is 0.0728. The second kappa shape index (κ2) is 17.7. The van der Waals surface area contributed by atoms with Gasteiger partial charge in [0.1, 0.15) is 0 Å². The monoisotopic (exact) mass is 845 g/mol. The van der Waals surface area contributed by atoms with Crippen molar-refractivity contribution in [1.29, 1.82) is 5.26 Å². The SMILES string of the molecule is CCc1cc(NCCC(F)(F)F)c2ncc(-c3ccc(C(=O)CC4(C#N)CC4)c(C)c3)n2c1.CCc1cc(NCCC(F)(F)F)c2ncc(-c3ccc(C(=O)O)c(C)c3)n2c1. The Morgan fingerprint density at radius 3 is 1.56 bits per heavy atom. The Labute approximate surface area is 348 Å². The fraction of sp³-hybridized carbons (Fsp3) is 0.356. The number of carbonyl (C=O) groups excluding carboxylic acids is 1. The third kappa shape index (κ3) is 10.5. The number of nitrogens with zero attached hydrogens (tertiary/aromatic N) is 5. The summed E-state index contributed by atoms with van der Waals surface area (Å²) in [7, 11) is 0. The van der Waals surface area contributed by atoms with E-state index < -0.39 is 36.6 Å². The van der Waals surface area contributed by atoms with Crippen molar-refractivity contribution >= 4 is 34.4 Å². The fourth-order valence-corrected chi connectivity index (χ4v) is 7.12. The number of ketones is 1. The molecular formula is C45H45F6N7O3. The van der Waals surface area contributed by atoms with E-state index in [0.717, 1.165) is 52.0 Å². The molecule has 16 heteroatoms. The zero-order valence-electron chi connectivity index (χ0n) is 34.1. The van der Waals surface area contributed by atoms with E-state index in [1.165, 1.54) is 0 Å². The molecule has 0 amide bonds. The zero-order chi connectivity index (χ0) is 44.3. The van der Waals surface area contributed by atoms with Gasteiger partial charge < -0.3 is 15.7 Å². The van der Waals surface area contributed by atoms with Crippen molar-refractivity contribution in [3.63, 3.8) is 0 Å². The molecule has 61 heavy (non-hydrogen) atoms. The predicted molar refractivity (Wildman–Crippen MR) is 221 cm³/mol. The number of nitrogens with one attached hydrogen (secondary N) is 2. The van der Waals surface area contributed by atoms with Gasteiger partial charge in [0.25, 0.3) is 0 Å². The van der Waals surface area contributed by atoms with E-state index in [2.05, 4.69) is 26.7 Å². The molecule has 1 aliphatic rings. The molecule has 2 aromatic carbocycles. The van der Waals surface area contributed by atoms with Gasteiger partial charge in [-0.1, -0.05) is 32.0 Å². The lowest BCUT2D eigenvalue weighted by atomic mass is 9.93. The van der Waals surface area contributed by atoms with Crippen LogP contribution in [-0.2, 0) is 12.8 Å². The lowest BCUT2D eigenvalue weighted by Gasteiger charge is -2.13. The number of halogens is 6. The number of aromatic carboxylic acids is 1. The number of aromatic nitrogens is 4. The Bertz CT molecular complexity index is 2630. The highest BCUT2D eigenvalue weighted by Gasteiger charge is 2.45. The van der Waals surface area contributed by atoms with Crippen molar-refractivity contribution in [1.82, 2.24) is 18.8 Å². The van der Waals surface area contributed by atoms with Crippen LogP contribution in [0.4, 0.5) is 37.7 Å². The van der Waals surface area contributed by atoms with Gasteiger partial charge in [0.2, 0.25) is 0 Å². The summed E-state index contributed by atoms with van der Waals surface area (Å²) >= 11 is 0. The first-order valence-corrected chi connectivity index (χ1v) is 19.8. The minimum Gasteiger partial charge on any atom is -0.478 e. The highest BCUT2D eigenvalue weighted by molar-refractivity contribution is 5.99. The van der Waals surface area contributed by atoms with E-state index in [-0.39, 0.29) is 30.9 Å². The number of anilines is 2. The summed E-state index contributed by atoms with van der Waals surface area (Å²) in [6, 6.07) is 16.5. The lowest BCUT2D eigenvalue weighted by molar-refractivity contribution is -0.132. The molecule has 6 aromatic rings. The third-order valence-electron chi connectivity index (χ3n) is 10.8. The summed E-state index contributed by atoms with van der Waals surface area (Å²) in [5.74, 6) is -1.02. The average molecular weight is 846 g/mol. The third-order valence-corrected chi connectivity index (χ3v) is 10.8. The van der Waals surface area contributed by atoms with Gasteiger partial charge in [-0.25, -0.2) is 14.8 Å². The molecule has 0 atom stereocenters. The number of hydrogen-bond donors (Lipinski definition) is 3. The number of imidazole rings is 2. The fourth-order valence-electron chi connectivity index (χ4n) is 7.12. The molecule has 4 aromatic heterocycles. The van der Waals surface area contributed by atoms with Gasteiger partial charge in [0, 0.05) is 48.6 Å². The van der Waals surface area contributed by atoms with E-state index in [1.54, 1.807) is 49.6 Å². The number of carbonyl (C=O) groups is 2. The number of pyridine rings is 2. The van der Waals surface area contributed by atoms with Crippen molar-refractivity contribution in [2.75, 3.05) is 23.7 Å². The van der Waals surface area contributed by atoms with Crippen molar-refractivity contribution < 1.29 is 41.0 Å². The predicted octanol–water partition coefficient (Wildman–Crippen LogP) is 11.0. The van der Waals surface area contributed by atoms with Gasteiger partial charge in [-0.2, -0.15) is 31.6 Å². The molecule has 0 bridgehead atoms. The van der Waals surface area contributed by atoms with E-state index in [9.17, 15) is 46.3 Å². The molecule has 0 spiro atoms. The number of carboxylic acids is 1. The first-order valence-electron chi connectivity index (χ1n) is 19.8. The maximum absolute atomic E-state index is 12.7. The van der Waals surface area contributed by atoms with Gasteiger partial charge >= 0.3 is 18.3 Å². The largest absolute Gasteiger partial charge is 0.478 e. The molecular weight excluding hydrogens is 801 g/mol. The summed E-state index contributed by atoms with van der Waals surface area (Å²) in [6.07, 6.45) is 0.0557. The second-order valence-electron chi connectivity index (χ2n) is 15.3. The summed E-state index contributed by atoms with van der Waals surface area (Å²) in [5.41, 5.74) is 9.01. The normalized spacial score (nSPS) is 13.4. The Morgan fingerprint density at radius 1 is 0.754 bits per heavy atom. The summed E-state index contributed by atoms with van der Waals surface area (Å²) in [4.78, 5) is 32.8. The summed E-state index contributed by atoms with van der Waals surface area (Å²) in [6.45, 7) is 7.07. The van der Waals surface area contributed by atoms with Gasteiger partial charge in [-0.15, -0.1) is 0 Å². The smallest absolute Gasteiger partial charge is 0.390 e. The van der Waals surface area contributed by atoms with Crippen molar-refractivity contribution in [3.8, 4) is 28.6 Å². The number of fused-ring (bicyclic) bond motifs is 2. The number of carboxylic acid groups (broad SMARTS) is 1. The number of Topliss-reactive ketones (excluding diaryl/α,β-unsaturated/α-hetero) is 1. The number of rotatable bonds is 14. The van der Waals surface area contributed by atoms with E-state index in [4.69, 9.17) is 0 Å². The van der Waals surface area contributed by atoms with E-state index >= 15 is 0 Å². The standard InChI is InChI=1S/C25H25F3N4O.C20H20F3N3O2/c1-3-17-11-20(30-9-8-25(26,27)28)23-31-13-21(32(23)14-17)18-4-5-19(16(2)10-18)22(33)12-24(15-29)6-7-24;1-3-13-9-16(24-7-6-20(21,22)23)18-25-10-17(26(18)11-13)14-4-5-15(19(27)28)12(2)8-14/h4-5,10-11,13-14,30H,3,6-9,12H2,1-2H3;4-5,8-11,24H,3,6-7H2,1-2H3,(H,27,28). The number of alkyl halides is 6. The number of benzene rings is 2. The van der Waals surface area contributed by atoms with Crippen LogP contribution < -0.4 is 10.6 Å². The molecule has 1 aliphatic carbocycles. The number of nitriles is 1. The van der Waals surface area contributed by atoms with Crippen LogP contribution in [0.5, 0.6) is 0 Å². The highest BCUT2D eigenvalue weighted by Crippen LogP contribution is 2.49. The first-order chi connectivity index (χ1) is 28.8. The molecule has 320 valence electrons. The van der Waals surface area contributed by atoms with E-state index in [1.807, 2.05) is 60.2 Å². The molecule has 0 unspecified atom stereocenters. The van der Waals surface area contributed by atoms with Crippen LogP contribution in [0.2, 0.25) is 0 Å². The topological polar surface area (TPSA) is 137 Å². The number of hydrogen-bond acceptors (Lipinski definition) is 7. The summed E-state index contributed by atoms with van der Waals surface area (Å²) in [5, 5.41) is 24.2. The van der Waals surface area contributed by atoms with Crippen molar-refractivity contribution in [3.05, 3.63) is 107 Å². The molecule has 0 aliphatic heterocycles. The zero-order valence-corrected chi connectivity index (χ0v) is 34.1. The van der Waals surface area contributed by atoms with Gasteiger partial charge in [0.05, 0.1) is 65.0 Å². The molecule has 4 heterocycles. The second-order valence-corrected chi connectivity index (χ2v) is 15.3. The van der Waals surface area contributed by atoms with Crippen molar-refractivity contribution in [2.45, 2.75) is 85.0 Å². The van der Waals surface area contributed by atoms with E-state index in [0.29, 0.717) is 46.6 Å². The van der Waals surface area contributed by atoms with Gasteiger partial charge in [0.15, 0.2) is 17.1 Å². The van der Waals surface area contributed by atoms with Crippen LogP contribution in [0.1, 0.15) is 88.9 Å². The Hall–Kier alpha value is -6.37. The lowest BCUT2D eigenvalue weighted by Crippen LogP contribution is -2.15. The van der Waals surface area contributed by atoms with Gasteiger partial charge in [-0.05, 0) is 92.1 Å². The van der Waals surface area contributed by atoms with Gasteiger partial charge in [-0.3, -0.25) is 13.6 Å². The number of aryl methyl sites for hydroxylation is 4. The molecule has 0 saturated heterocycles. The highest BCUT2D eigenvalue weighted by atomic mass is 19.4. The first kappa shape index (κ1) is 44.2. The minimum atomic E-state index is -4.23. The van der Waals surface area contributed by atoms with Crippen LogP contribution >= 0.6 is 0 Å². The maximum atomic E-state index is 12.7. The van der Waals surface area contributed by atoms with Crippen LogP contribution in [0, 0.1) is 30.6 Å². The average Bonchev–Trinajstić information content (AvgIpc) is 3.61. The molecule has 0 radical (unpaired) electrons. The Balaban J connectivity index is 0.000000207. The molecule has 7 rings (SSSR count).